The van der Waals surface area contributed by atoms with Gasteiger partial charge in [0.2, 0.25) is 5.95 Å². The molecule has 5 aromatic rings. The zero-order valence-electron chi connectivity index (χ0n) is 20.0. The van der Waals surface area contributed by atoms with E-state index in [-0.39, 0.29) is 11.5 Å². The minimum absolute atomic E-state index is 0.202. The van der Waals surface area contributed by atoms with E-state index in [2.05, 4.69) is 20.4 Å². The molecule has 1 atom stereocenters. The van der Waals surface area contributed by atoms with Crippen molar-refractivity contribution in [1.82, 2.24) is 29.1 Å². The highest BCUT2D eigenvalue weighted by atomic mass is 32.1. The number of fused-ring (bicyclic) bond motifs is 1. The van der Waals surface area contributed by atoms with Crippen LogP contribution in [0.2, 0.25) is 0 Å². The number of aryl methyl sites for hydroxylation is 2. The highest BCUT2D eigenvalue weighted by Gasteiger charge is 2.41. The maximum absolute atomic E-state index is 13.2. The van der Waals surface area contributed by atoms with Crippen LogP contribution in [0.3, 0.4) is 0 Å². The summed E-state index contributed by atoms with van der Waals surface area (Å²) in [5.74, 6) is 0.123. The molecule has 10 nitrogen and oxygen atoms in total. The largest absolute Gasteiger partial charge is 0.496 e. The van der Waals surface area contributed by atoms with E-state index in [1.807, 2.05) is 54.0 Å². The van der Waals surface area contributed by atoms with Gasteiger partial charge in [0.05, 0.1) is 12.7 Å². The van der Waals surface area contributed by atoms with Gasteiger partial charge in [0.25, 0.3) is 5.91 Å². The van der Waals surface area contributed by atoms with Crippen LogP contribution in [0.1, 0.15) is 46.2 Å². The van der Waals surface area contributed by atoms with Crippen LogP contribution < -0.4 is 10.1 Å². The van der Waals surface area contributed by atoms with E-state index in [0.29, 0.717) is 40.6 Å². The molecule has 11 heteroatoms. The lowest BCUT2D eigenvalue weighted by molar-refractivity contribution is 0.102. The topological polar surface area (TPSA) is 119 Å². The molecule has 0 aliphatic heterocycles. The van der Waals surface area contributed by atoms with Crippen LogP contribution in [-0.2, 0) is 18.6 Å². The summed E-state index contributed by atoms with van der Waals surface area (Å²) in [6.45, 7) is 4.55. The van der Waals surface area contributed by atoms with Gasteiger partial charge in [0, 0.05) is 36.1 Å². The van der Waals surface area contributed by atoms with Gasteiger partial charge in [-0.1, -0.05) is 37.3 Å². The molecule has 0 bridgehead atoms. The molecule has 36 heavy (non-hydrogen) atoms. The summed E-state index contributed by atoms with van der Waals surface area (Å²) in [4.78, 5) is 26.6. The Kier molecular flexibility index (Phi) is 6.25. The van der Waals surface area contributed by atoms with Crippen LogP contribution >= 0.6 is 11.3 Å². The van der Waals surface area contributed by atoms with Crippen molar-refractivity contribution in [3.05, 3.63) is 88.0 Å². The first kappa shape index (κ1) is 23.6. The second-order valence-electron chi connectivity index (χ2n) is 8.04. The molecule has 0 saturated heterocycles. The Balaban J connectivity index is 1.66. The van der Waals surface area contributed by atoms with E-state index < -0.39 is 11.5 Å². The van der Waals surface area contributed by atoms with Crippen molar-refractivity contribution in [2.75, 3.05) is 12.4 Å². The lowest BCUT2D eigenvalue weighted by Crippen LogP contribution is -2.30. The standard InChI is InChI=1S/C25H25N7O3S/c1-4-18-21(25(34,23-26-11-12-36-23)16-9-7-6-8-10-16)28-20-13-19(35-3)17(14-32(18)20)22(33)29-24-27-15-31(5-2)30-24/h6-15,34H,4-5H2,1-3H3,(H,29,30,33). The fourth-order valence-corrected chi connectivity index (χ4v) is 4.96. The van der Waals surface area contributed by atoms with E-state index in [1.165, 1.54) is 18.4 Å². The fourth-order valence-electron chi connectivity index (χ4n) is 4.20. The Bertz CT molecular complexity index is 1510. The van der Waals surface area contributed by atoms with Gasteiger partial charge in [-0.25, -0.2) is 15.0 Å². The second kappa shape index (κ2) is 9.51. The molecule has 0 fully saturated rings. The third-order valence-corrected chi connectivity index (χ3v) is 6.86. The van der Waals surface area contributed by atoms with Crippen LogP contribution in [0.5, 0.6) is 5.75 Å². The number of hydrogen-bond acceptors (Lipinski definition) is 8. The molecular weight excluding hydrogens is 478 g/mol. The number of imidazole rings is 1. The molecule has 2 N–H and O–H groups in total. The van der Waals surface area contributed by atoms with Crippen molar-refractivity contribution < 1.29 is 14.6 Å². The van der Waals surface area contributed by atoms with E-state index in [0.717, 1.165) is 5.69 Å². The summed E-state index contributed by atoms with van der Waals surface area (Å²) in [5.41, 5.74) is 1.11. The van der Waals surface area contributed by atoms with Gasteiger partial charge in [-0.15, -0.1) is 16.4 Å². The first-order valence-electron chi connectivity index (χ1n) is 11.5. The summed E-state index contributed by atoms with van der Waals surface area (Å²) >= 11 is 1.35. The number of methoxy groups -OCH3 is 1. The molecule has 184 valence electrons. The molecule has 1 amide bonds. The van der Waals surface area contributed by atoms with Gasteiger partial charge in [-0.2, -0.15) is 0 Å². The van der Waals surface area contributed by atoms with Crippen LogP contribution in [0.4, 0.5) is 5.95 Å². The normalized spacial score (nSPS) is 13.0. The predicted octanol–water partition coefficient (Wildman–Crippen LogP) is 3.51. The van der Waals surface area contributed by atoms with Crippen molar-refractivity contribution in [3.8, 4) is 5.75 Å². The SMILES string of the molecule is CCc1c(C(O)(c2ccccc2)c2nccs2)nc2cc(OC)c(C(=O)Nc3ncn(CC)n3)cn12. The number of hydrogen-bond donors (Lipinski definition) is 2. The fraction of sp³-hybridized carbons (Fsp3) is 0.240. The third-order valence-electron chi connectivity index (χ3n) is 5.98. The number of anilines is 1. The van der Waals surface area contributed by atoms with E-state index in [1.54, 1.807) is 29.5 Å². The van der Waals surface area contributed by atoms with Gasteiger partial charge in [-0.05, 0) is 18.9 Å². The Labute approximate surface area is 211 Å². The minimum Gasteiger partial charge on any atom is -0.496 e. The molecule has 1 unspecified atom stereocenters. The summed E-state index contributed by atoms with van der Waals surface area (Å²) in [6.07, 6.45) is 5.43. The van der Waals surface area contributed by atoms with Gasteiger partial charge in [0.1, 0.15) is 28.4 Å². The number of amides is 1. The Morgan fingerprint density at radius 3 is 2.67 bits per heavy atom. The first-order chi connectivity index (χ1) is 17.5. The lowest BCUT2D eigenvalue weighted by atomic mass is 9.89. The number of nitrogens with zero attached hydrogens (tertiary/aromatic N) is 6. The number of ether oxygens (including phenoxy) is 1. The van der Waals surface area contributed by atoms with Crippen LogP contribution in [0, 0.1) is 0 Å². The Hall–Kier alpha value is -4.09. The monoisotopic (exact) mass is 503 g/mol. The molecule has 0 saturated carbocycles. The molecular formula is C25H25N7O3S. The van der Waals surface area contributed by atoms with E-state index in [9.17, 15) is 9.90 Å². The van der Waals surface area contributed by atoms with Gasteiger partial charge < -0.3 is 14.2 Å². The zero-order valence-corrected chi connectivity index (χ0v) is 20.9. The summed E-state index contributed by atoms with van der Waals surface area (Å²) < 4.78 is 8.96. The quantitative estimate of drug-likeness (QED) is 0.333. The number of aromatic nitrogens is 6. The molecule has 0 aliphatic rings. The highest BCUT2D eigenvalue weighted by Crippen LogP contribution is 2.40. The highest BCUT2D eigenvalue weighted by molar-refractivity contribution is 7.09. The third kappa shape index (κ3) is 3.91. The summed E-state index contributed by atoms with van der Waals surface area (Å²) in [7, 11) is 1.49. The molecule has 1 aromatic carbocycles. The summed E-state index contributed by atoms with van der Waals surface area (Å²) in [6, 6.07) is 11.0. The molecule has 4 heterocycles. The van der Waals surface area contributed by atoms with E-state index in [4.69, 9.17) is 9.72 Å². The van der Waals surface area contributed by atoms with Gasteiger partial charge >= 0.3 is 0 Å². The molecule has 4 aromatic heterocycles. The van der Waals surface area contributed by atoms with Gasteiger partial charge in [0.15, 0.2) is 5.60 Å². The number of carbonyl (C=O) groups excluding carboxylic acids is 1. The van der Waals surface area contributed by atoms with Crippen LogP contribution in [0.15, 0.2) is 60.5 Å². The lowest BCUT2D eigenvalue weighted by Gasteiger charge is -2.26. The zero-order chi connectivity index (χ0) is 25.3. The van der Waals surface area contributed by atoms with Gasteiger partial charge in [-0.3, -0.25) is 14.8 Å². The van der Waals surface area contributed by atoms with Crippen LogP contribution in [-0.4, -0.2) is 47.3 Å². The number of nitrogens with one attached hydrogen (secondary N) is 1. The maximum Gasteiger partial charge on any atom is 0.263 e. The average Bonchev–Trinajstić information content (AvgIpc) is 3.67. The molecule has 5 rings (SSSR count). The maximum atomic E-state index is 13.2. The number of thiazole rings is 1. The smallest absolute Gasteiger partial charge is 0.263 e. The molecule has 0 aliphatic carbocycles. The molecule has 0 spiro atoms. The Morgan fingerprint density at radius 2 is 2.03 bits per heavy atom. The second-order valence-corrected chi connectivity index (χ2v) is 8.93. The predicted molar refractivity (Wildman–Crippen MR) is 135 cm³/mol. The molecule has 0 radical (unpaired) electrons. The summed E-state index contributed by atoms with van der Waals surface area (Å²) in [5, 5.41) is 21.5. The van der Waals surface area contributed by atoms with Crippen molar-refractivity contribution in [1.29, 1.82) is 0 Å². The number of rotatable bonds is 8. The van der Waals surface area contributed by atoms with Crippen molar-refractivity contribution in [2.24, 2.45) is 0 Å². The van der Waals surface area contributed by atoms with E-state index >= 15 is 0 Å². The number of benzene rings is 1. The van der Waals surface area contributed by atoms with Crippen LogP contribution in [0.25, 0.3) is 5.65 Å². The Morgan fingerprint density at radius 1 is 1.22 bits per heavy atom. The number of aliphatic hydroxyl groups is 1. The van der Waals surface area contributed by atoms with Crippen molar-refractivity contribution >= 4 is 28.8 Å². The minimum atomic E-state index is -1.57. The average molecular weight is 504 g/mol. The van der Waals surface area contributed by atoms with Crippen molar-refractivity contribution in [3.63, 3.8) is 0 Å². The van der Waals surface area contributed by atoms with Crippen molar-refractivity contribution in [2.45, 2.75) is 32.4 Å². The number of carbonyl (C=O) groups is 1. The first-order valence-corrected chi connectivity index (χ1v) is 12.4. The number of pyridine rings is 1.